The van der Waals surface area contributed by atoms with E-state index in [1.165, 1.54) is 0 Å². The predicted molar refractivity (Wildman–Crippen MR) is 94.1 cm³/mol. The highest BCUT2D eigenvalue weighted by atomic mass is 35.5. The minimum absolute atomic E-state index is 0.0568. The van der Waals surface area contributed by atoms with Gasteiger partial charge in [0.2, 0.25) is 0 Å². The quantitative estimate of drug-likeness (QED) is 0.850. The number of imidazole rings is 1. The molecule has 0 bridgehead atoms. The molecular formula is C17H24ClN5O. The summed E-state index contributed by atoms with van der Waals surface area (Å²) in [7, 11) is 1.85. The van der Waals surface area contributed by atoms with Crippen molar-refractivity contribution in [3.8, 4) is 0 Å². The van der Waals surface area contributed by atoms with Crippen LogP contribution in [0.5, 0.6) is 0 Å². The molecule has 3 heterocycles. The standard InChI is InChI=1S/C17H24ClN5O/c1-3-22-8-5-19-16(22)13-21-6-4-7-23(10-9-21)17(24)15-11-14(18)12-20(15)2/h5,8,11-12H,3-4,6-7,9-10,13H2,1-2H3. The van der Waals surface area contributed by atoms with Crippen molar-refractivity contribution < 1.29 is 4.79 Å². The fourth-order valence-corrected chi connectivity index (χ4v) is 3.46. The van der Waals surface area contributed by atoms with Crippen molar-refractivity contribution in [2.24, 2.45) is 7.05 Å². The monoisotopic (exact) mass is 349 g/mol. The molecule has 0 radical (unpaired) electrons. The van der Waals surface area contributed by atoms with E-state index in [0.29, 0.717) is 10.7 Å². The van der Waals surface area contributed by atoms with Crippen LogP contribution in [-0.2, 0) is 20.1 Å². The lowest BCUT2D eigenvalue weighted by Crippen LogP contribution is -2.36. The number of hydrogen-bond donors (Lipinski definition) is 0. The van der Waals surface area contributed by atoms with Gasteiger partial charge in [0.15, 0.2) is 0 Å². The van der Waals surface area contributed by atoms with Crippen molar-refractivity contribution in [1.29, 1.82) is 0 Å². The molecule has 1 aliphatic rings. The molecule has 24 heavy (non-hydrogen) atoms. The average Bonchev–Trinajstić information content (AvgIpc) is 3.06. The molecule has 130 valence electrons. The summed E-state index contributed by atoms with van der Waals surface area (Å²) in [5.41, 5.74) is 0.648. The Bertz CT molecular complexity index is 708. The van der Waals surface area contributed by atoms with E-state index in [0.717, 1.165) is 51.5 Å². The molecule has 1 amide bonds. The molecule has 6 nitrogen and oxygen atoms in total. The van der Waals surface area contributed by atoms with Crippen LogP contribution < -0.4 is 0 Å². The van der Waals surface area contributed by atoms with Crippen molar-refractivity contribution in [1.82, 2.24) is 23.9 Å². The maximum absolute atomic E-state index is 12.7. The summed E-state index contributed by atoms with van der Waals surface area (Å²) in [5, 5.41) is 0.601. The molecule has 2 aromatic heterocycles. The topological polar surface area (TPSA) is 46.3 Å². The summed E-state index contributed by atoms with van der Waals surface area (Å²) in [5.74, 6) is 1.15. The number of rotatable bonds is 4. The lowest BCUT2D eigenvalue weighted by molar-refractivity contribution is 0.0751. The Morgan fingerprint density at radius 3 is 2.83 bits per heavy atom. The minimum atomic E-state index is 0.0568. The smallest absolute Gasteiger partial charge is 0.270 e. The first-order valence-corrected chi connectivity index (χ1v) is 8.79. The van der Waals surface area contributed by atoms with Crippen molar-refractivity contribution >= 4 is 17.5 Å². The van der Waals surface area contributed by atoms with E-state index in [1.807, 2.05) is 24.3 Å². The Kier molecular flexibility index (Phi) is 5.26. The number of aryl methyl sites for hydroxylation is 2. The number of aromatic nitrogens is 3. The number of carbonyl (C=O) groups is 1. The Morgan fingerprint density at radius 2 is 2.12 bits per heavy atom. The molecule has 2 aromatic rings. The molecular weight excluding hydrogens is 326 g/mol. The Morgan fingerprint density at radius 1 is 1.29 bits per heavy atom. The lowest BCUT2D eigenvalue weighted by atomic mass is 10.3. The SMILES string of the molecule is CCn1ccnc1CN1CCCN(C(=O)c2cc(Cl)cn2C)CC1. The third-order valence-corrected chi connectivity index (χ3v) is 4.78. The van der Waals surface area contributed by atoms with Crippen LogP contribution in [0.25, 0.3) is 0 Å². The molecule has 0 atom stereocenters. The van der Waals surface area contributed by atoms with Crippen LogP contribution >= 0.6 is 11.6 Å². The molecule has 0 N–H and O–H groups in total. The van der Waals surface area contributed by atoms with E-state index in [4.69, 9.17) is 11.6 Å². The zero-order valence-corrected chi connectivity index (χ0v) is 15.0. The molecule has 0 aromatic carbocycles. The molecule has 3 rings (SSSR count). The molecule has 1 aliphatic heterocycles. The number of halogens is 1. The van der Waals surface area contributed by atoms with Crippen LogP contribution in [0, 0.1) is 0 Å². The molecule has 0 unspecified atom stereocenters. The number of nitrogens with zero attached hydrogens (tertiary/aromatic N) is 5. The van der Waals surface area contributed by atoms with Crippen molar-refractivity contribution in [3.05, 3.63) is 41.2 Å². The third-order valence-electron chi connectivity index (χ3n) is 4.57. The van der Waals surface area contributed by atoms with Crippen molar-refractivity contribution in [2.75, 3.05) is 26.2 Å². The van der Waals surface area contributed by atoms with Gasteiger partial charge in [-0.3, -0.25) is 9.69 Å². The highest BCUT2D eigenvalue weighted by Gasteiger charge is 2.23. The Balaban J connectivity index is 1.62. The molecule has 1 saturated heterocycles. The van der Waals surface area contributed by atoms with Gasteiger partial charge in [-0.1, -0.05) is 11.6 Å². The summed E-state index contributed by atoms with van der Waals surface area (Å²) in [6, 6.07) is 1.74. The Labute approximate surface area is 147 Å². The average molecular weight is 350 g/mol. The summed E-state index contributed by atoms with van der Waals surface area (Å²) in [6.07, 6.45) is 6.61. The van der Waals surface area contributed by atoms with Crippen LogP contribution in [0.3, 0.4) is 0 Å². The molecule has 1 fully saturated rings. The third kappa shape index (κ3) is 3.65. The first-order valence-electron chi connectivity index (χ1n) is 8.42. The van der Waals surface area contributed by atoms with Gasteiger partial charge in [-0.2, -0.15) is 0 Å². The van der Waals surface area contributed by atoms with Crippen LogP contribution in [-0.4, -0.2) is 56.0 Å². The highest BCUT2D eigenvalue weighted by molar-refractivity contribution is 6.31. The minimum Gasteiger partial charge on any atom is -0.345 e. The van der Waals surface area contributed by atoms with Crippen LogP contribution in [0.2, 0.25) is 5.02 Å². The fraction of sp³-hybridized carbons (Fsp3) is 0.529. The first-order chi connectivity index (χ1) is 11.6. The van der Waals surface area contributed by atoms with Gasteiger partial charge in [-0.25, -0.2) is 4.98 Å². The number of hydrogen-bond acceptors (Lipinski definition) is 3. The summed E-state index contributed by atoms with van der Waals surface area (Å²) >= 11 is 6.00. The normalized spacial score (nSPS) is 16.4. The van der Waals surface area contributed by atoms with E-state index >= 15 is 0 Å². The van der Waals surface area contributed by atoms with Gasteiger partial charge in [0.25, 0.3) is 5.91 Å². The lowest BCUT2D eigenvalue weighted by Gasteiger charge is -2.22. The first kappa shape index (κ1) is 17.0. The predicted octanol–water partition coefficient (Wildman–Crippen LogP) is 2.24. The zero-order valence-electron chi connectivity index (χ0n) is 14.3. The van der Waals surface area contributed by atoms with E-state index in [9.17, 15) is 4.79 Å². The fourth-order valence-electron chi connectivity index (χ4n) is 3.21. The molecule has 0 spiro atoms. The number of amides is 1. The van der Waals surface area contributed by atoms with Crippen molar-refractivity contribution in [3.63, 3.8) is 0 Å². The van der Waals surface area contributed by atoms with E-state index < -0.39 is 0 Å². The van der Waals surface area contributed by atoms with Gasteiger partial charge in [0, 0.05) is 58.4 Å². The number of carbonyl (C=O) groups excluding carboxylic acids is 1. The van der Waals surface area contributed by atoms with Crippen molar-refractivity contribution in [2.45, 2.75) is 26.4 Å². The largest absolute Gasteiger partial charge is 0.345 e. The Hall–Kier alpha value is -1.79. The maximum atomic E-state index is 12.7. The van der Waals surface area contributed by atoms with E-state index in [1.54, 1.807) is 16.8 Å². The van der Waals surface area contributed by atoms with Crippen LogP contribution in [0.4, 0.5) is 0 Å². The van der Waals surface area contributed by atoms with Gasteiger partial charge in [0.05, 0.1) is 11.6 Å². The van der Waals surface area contributed by atoms with Gasteiger partial charge >= 0.3 is 0 Å². The summed E-state index contributed by atoms with van der Waals surface area (Å²) in [6.45, 7) is 7.24. The molecule has 7 heteroatoms. The highest BCUT2D eigenvalue weighted by Crippen LogP contribution is 2.16. The van der Waals surface area contributed by atoms with Gasteiger partial charge < -0.3 is 14.0 Å². The maximum Gasteiger partial charge on any atom is 0.270 e. The summed E-state index contributed by atoms with van der Waals surface area (Å²) in [4.78, 5) is 21.5. The van der Waals surface area contributed by atoms with Gasteiger partial charge in [0.1, 0.15) is 11.5 Å². The zero-order chi connectivity index (χ0) is 17.1. The summed E-state index contributed by atoms with van der Waals surface area (Å²) < 4.78 is 3.96. The molecule has 0 aliphatic carbocycles. The second-order valence-corrected chi connectivity index (χ2v) is 6.64. The molecule has 0 saturated carbocycles. The second kappa shape index (κ2) is 7.40. The van der Waals surface area contributed by atoms with Crippen LogP contribution in [0.15, 0.2) is 24.7 Å². The van der Waals surface area contributed by atoms with E-state index in [-0.39, 0.29) is 5.91 Å². The van der Waals surface area contributed by atoms with Crippen LogP contribution in [0.1, 0.15) is 29.7 Å². The van der Waals surface area contributed by atoms with E-state index in [2.05, 4.69) is 21.4 Å². The second-order valence-electron chi connectivity index (χ2n) is 6.21. The van der Waals surface area contributed by atoms with Gasteiger partial charge in [-0.15, -0.1) is 0 Å². The van der Waals surface area contributed by atoms with Gasteiger partial charge in [-0.05, 0) is 19.4 Å².